The number of hydrogen-bond acceptors (Lipinski definition) is 6. The van der Waals surface area contributed by atoms with Crippen LogP contribution in [0.4, 0.5) is 5.69 Å². The van der Waals surface area contributed by atoms with E-state index in [9.17, 15) is 0 Å². The number of halogens is 1. The van der Waals surface area contributed by atoms with Gasteiger partial charge in [-0.1, -0.05) is 32.4 Å². The Morgan fingerprint density at radius 1 is 1.33 bits per heavy atom. The Hall–Kier alpha value is -1.76. The lowest BCUT2D eigenvalue weighted by molar-refractivity contribution is -0.165. The molecule has 1 aromatic carbocycles. The maximum Gasteiger partial charge on any atom is 0.157 e. The van der Waals surface area contributed by atoms with E-state index in [0.29, 0.717) is 41.2 Å². The van der Waals surface area contributed by atoms with Gasteiger partial charge in [0, 0.05) is 34.5 Å². The molecule has 7 heteroatoms. The molecule has 0 aromatic heterocycles. The third-order valence-corrected chi connectivity index (χ3v) is 4.28. The number of nitrogens with one attached hydrogen (secondary N) is 2. The molecule has 1 unspecified atom stereocenters. The molecule has 2 rings (SSSR count). The first-order chi connectivity index (χ1) is 12.7. The van der Waals surface area contributed by atoms with Gasteiger partial charge in [-0.2, -0.15) is 0 Å². The molecule has 1 heterocycles. The number of hydrogen-bond donors (Lipinski definition) is 3. The summed E-state index contributed by atoms with van der Waals surface area (Å²) in [6.45, 7) is 7.50. The highest BCUT2D eigenvalue weighted by Gasteiger charge is 2.16. The van der Waals surface area contributed by atoms with Gasteiger partial charge in [0.1, 0.15) is 18.2 Å². The number of anilines is 1. The maximum absolute atomic E-state index is 8.05. The first-order valence-electron chi connectivity index (χ1n) is 9.24. The topological polar surface area (TPSA) is 89.6 Å². The van der Waals surface area contributed by atoms with E-state index < -0.39 is 0 Å². The quantitative estimate of drug-likeness (QED) is 0.444. The summed E-state index contributed by atoms with van der Waals surface area (Å²) in [6, 6.07) is 5.30. The van der Waals surface area contributed by atoms with E-state index in [1.165, 1.54) is 0 Å². The van der Waals surface area contributed by atoms with Crippen molar-refractivity contribution < 1.29 is 14.2 Å². The molecule has 1 atom stereocenters. The van der Waals surface area contributed by atoms with Gasteiger partial charge in [-0.3, -0.25) is 0 Å². The summed E-state index contributed by atoms with van der Waals surface area (Å²) in [7, 11) is 0. The summed E-state index contributed by atoms with van der Waals surface area (Å²) in [5.41, 5.74) is 6.87. The summed E-state index contributed by atoms with van der Waals surface area (Å²) in [6.07, 6.45) is 4.65. The van der Waals surface area contributed by atoms with Crippen molar-refractivity contribution in [1.29, 1.82) is 5.41 Å². The van der Waals surface area contributed by atoms with Crippen molar-refractivity contribution in [3.8, 4) is 5.75 Å². The van der Waals surface area contributed by atoms with Gasteiger partial charge in [0.25, 0.3) is 0 Å². The molecule has 0 spiro atoms. The molecule has 4 N–H and O–H groups in total. The predicted molar refractivity (Wildman–Crippen MR) is 110 cm³/mol. The van der Waals surface area contributed by atoms with Crippen LogP contribution in [0.15, 0.2) is 30.1 Å². The van der Waals surface area contributed by atoms with Crippen LogP contribution in [0.1, 0.15) is 40.0 Å². The normalized spacial score (nSPS) is 18.2. The van der Waals surface area contributed by atoms with Crippen LogP contribution in [0.2, 0.25) is 5.02 Å². The largest absolute Gasteiger partial charge is 0.491 e. The summed E-state index contributed by atoms with van der Waals surface area (Å²) in [5, 5.41) is 11.6. The minimum absolute atomic E-state index is 0.123. The lowest BCUT2D eigenvalue weighted by Crippen LogP contribution is -2.24. The average molecular weight is 396 g/mol. The van der Waals surface area contributed by atoms with Crippen molar-refractivity contribution in [1.82, 2.24) is 0 Å². The molecule has 1 aliphatic rings. The van der Waals surface area contributed by atoms with Crippen LogP contribution < -0.4 is 15.8 Å². The highest BCUT2D eigenvalue weighted by atomic mass is 35.5. The molecule has 1 fully saturated rings. The van der Waals surface area contributed by atoms with Crippen molar-refractivity contribution in [2.45, 2.75) is 46.3 Å². The van der Waals surface area contributed by atoms with Crippen molar-refractivity contribution in [2.24, 2.45) is 11.1 Å². The number of benzene rings is 1. The summed E-state index contributed by atoms with van der Waals surface area (Å²) < 4.78 is 16.9. The second kappa shape index (κ2) is 9.97. The van der Waals surface area contributed by atoms with Crippen molar-refractivity contribution in [3.63, 3.8) is 0 Å². The smallest absolute Gasteiger partial charge is 0.157 e. The van der Waals surface area contributed by atoms with Gasteiger partial charge in [-0.05, 0) is 37.5 Å². The van der Waals surface area contributed by atoms with Gasteiger partial charge in [0.2, 0.25) is 0 Å². The number of ether oxygens (including phenoxy) is 3. The molecule has 1 saturated heterocycles. The van der Waals surface area contributed by atoms with E-state index in [0.717, 1.165) is 25.9 Å². The van der Waals surface area contributed by atoms with E-state index in [1.807, 2.05) is 26.8 Å². The lowest BCUT2D eigenvalue weighted by atomic mass is 9.90. The van der Waals surface area contributed by atoms with Crippen LogP contribution in [-0.2, 0) is 9.47 Å². The van der Waals surface area contributed by atoms with E-state index in [1.54, 1.807) is 18.2 Å². The molecule has 1 aromatic rings. The zero-order valence-electron chi connectivity index (χ0n) is 16.3. The van der Waals surface area contributed by atoms with Crippen LogP contribution in [0.3, 0.4) is 0 Å². The molecule has 0 amide bonds. The first-order valence-corrected chi connectivity index (χ1v) is 9.61. The lowest BCUT2D eigenvalue weighted by Gasteiger charge is -2.22. The van der Waals surface area contributed by atoms with E-state index >= 15 is 0 Å². The van der Waals surface area contributed by atoms with Crippen LogP contribution >= 0.6 is 11.6 Å². The second-order valence-electron chi connectivity index (χ2n) is 7.58. The van der Waals surface area contributed by atoms with E-state index in [2.05, 4.69) is 5.32 Å². The van der Waals surface area contributed by atoms with Gasteiger partial charge in [-0.25, -0.2) is 0 Å². The second-order valence-corrected chi connectivity index (χ2v) is 8.02. The fourth-order valence-corrected chi connectivity index (χ4v) is 2.70. The van der Waals surface area contributed by atoms with Crippen molar-refractivity contribution in [3.05, 3.63) is 35.1 Å². The first kappa shape index (κ1) is 21.5. The minimum Gasteiger partial charge on any atom is -0.491 e. The molecule has 0 bridgehead atoms. The fraction of sp³-hybridized carbons (Fsp3) is 0.550. The van der Waals surface area contributed by atoms with Crippen LogP contribution in [0.25, 0.3) is 0 Å². The summed E-state index contributed by atoms with van der Waals surface area (Å²) >= 11 is 6.17. The zero-order chi connectivity index (χ0) is 19.9. The molecule has 27 heavy (non-hydrogen) atoms. The number of nitrogens with two attached hydrogens (primary N) is 1. The van der Waals surface area contributed by atoms with Crippen LogP contribution in [-0.4, -0.2) is 31.8 Å². The number of allylic oxidation sites excluding steroid dienone is 1. The Balaban J connectivity index is 1.87. The van der Waals surface area contributed by atoms with Crippen LogP contribution in [0.5, 0.6) is 5.75 Å². The maximum atomic E-state index is 8.05. The van der Waals surface area contributed by atoms with Gasteiger partial charge < -0.3 is 30.7 Å². The minimum atomic E-state index is -0.267. The third-order valence-electron chi connectivity index (χ3n) is 4.06. The molecular formula is C20H30ClN3O3. The highest BCUT2D eigenvalue weighted by Crippen LogP contribution is 2.25. The monoisotopic (exact) mass is 395 g/mol. The molecule has 6 nitrogen and oxygen atoms in total. The Morgan fingerprint density at radius 2 is 2.11 bits per heavy atom. The fourth-order valence-electron chi connectivity index (χ4n) is 2.47. The molecule has 0 radical (unpaired) electrons. The molecule has 0 aliphatic carbocycles. The van der Waals surface area contributed by atoms with Crippen molar-refractivity contribution in [2.75, 3.05) is 25.1 Å². The van der Waals surface area contributed by atoms with Gasteiger partial charge in [0.15, 0.2) is 6.29 Å². The van der Waals surface area contributed by atoms with Crippen LogP contribution in [0, 0.1) is 10.8 Å². The standard InChI is InChI=1S/C20H30ClN3O3/c1-20(2,3)17(22)13-18(23)24-15-10-14(21)11-16(12-15)25-8-9-27-19-6-4-5-7-26-19/h10-13,19,22,24H,4-9,23H2,1-3H3/b18-13-,22-17?. The van der Waals surface area contributed by atoms with E-state index in [-0.39, 0.29) is 11.7 Å². The average Bonchev–Trinajstić information content (AvgIpc) is 2.58. The molecule has 1 aliphatic heterocycles. The predicted octanol–water partition coefficient (Wildman–Crippen LogP) is 4.54. The molecule has 150 valence electrons. The zero-order valence-corrected chi connectivity index (χ0v) is 17.1. The molecule has 0 saturated carbocycles. The Labute approximate surface area is 166 Å². The Kier molecular flexibility index (Phi) is 7.95. The number of rotatable bonds is 8. The Morgan fingerprint density at radius 3 is 2.78 bits per heavy atom. The van der Waals surface area contributed by atoms with Gasteiger partial charge in [0.05, 0.1) is 6.61 Å². The van der Waals surface area contributed by atoms with Crippen molar-refractivity contribution >= 4 is 23.0 Å². The Bertz CT molecular complexity index is 665. The SMILES string of the molecule is CC(C)(C)C(=N)/C=C(/N)Nc1cc(Cl)cc(OCCOC2CCCCO2)c1. The molecular weight excluding hydrogens is 366 g/mol. The summed E-state index contributed by atoms with van der Waals surface area (Å²) in [5.74, 6) is 0.998. The van der Waals surface area contributed by atoms with Gasteiger partial charge >= 0.3 is 0 Å². The van der Waals surface area contributed by atoms with Gasteiger partial charge in [-0.15, -0.1) is 0 Å². The third kappa shape index (κ3) is 7.79. The summed E-state index contributed by atoms with van der Waals surface area (Å²) in [4.78, 5) is 0. The van der Waals surface area contributed by atoms with E-state index in [4.69, 9.17) is 37.0 Å². The highest BCUT2D eigenvalue weighted by molar-refractivity contribution is 6.31.